The molecule has 1 aliphatic rings. The second kappa shape index (κ2) is 41.7. The summed E-state index contributed by atoms with van der Waals surface area (Å²) in [6.07, 6.45) is 43.2. The molecule has 0 aromatic rings. The molecule has 8 atom stereocenters. The lowest BCUT2D eigenvalue weighted by atomic mass is 9.85. The molecule has 13 nitrogen and oxygen atoms in total. The van der Waals surface area contributed by atoms with Crippen LogP contribution in [0.3, 0.4) is 0 Å². The molecule has 6 unspecified atom stereocenters. The zero-order valence-electron chi connectivity index (χ0n) is 40.7. The number of phosphoric acid groups is 1. The van der Waals surface area contributed by atoms with Crippen LogP contribution >= 0.6 is 7.82 Å². The summed E-state index contributed by atoms with van der Waals surface area (Å²) in [5.74, 6) is -1.21. The molecule has 0 heterocycles. The normalized spacial score (nSPS) is 22.0. The minimum Gasteiger partial charge on any atom is -0.462 e. The minimum atomic E-state index is -5.15. The molecule has 1 rings (SSSR count). The van der Waals surface area contributed by atoms with E-state index in [1.807, 2.05) is 12.2 Å². The molecule has 0 saturated heterocycles. The monoisotopic (exact) mass is 963 g/mol. The molecule has 1 saturated carbocycles. The summed E-state index contributed by atoms with van der Waals surface area (Å²) in [4.78, 5) is 35.8. The highest BCUT2D eigenvalue weighted by atomic mass is 31.2. The molecule has 1 fully saturated rings. The zero-order chi connectivity index (χ0) is 49.2. The van der Waals surface area contributed by atoms with Crippen molar-refractivity contribution in [3.05, 3.63) is 97.2 Å². The fourth-order valence-electron chi connectivity index (χ4n) is 6.86. The molecule has 0 amide bonds. The van der Waals surface area contributed by atoms with Gasteiger partial charge in [-0.1, -0.05) is 162 Å². The van der Waals surface area contributed by atoms with Gasteiger partial charge in [-0.2, -0.15) is 0 Å². The summed E-state index contributed by atoms with van der Waals surface area (Å²) in [5.41, 5.74) is 0. The summed E-state index contributed by atoms with van der Waals surface area (Å²) in [7, 11) is -5.15. The third kappa shape index (κ3) is 33.8. The lowest BCUT2D eigenvalue weighted by Gasteiger charge is -2.41. The van der Waals surface area contributed by atoms with Gasteiger partial charge in [-0.25, -0.2) is 4.57 Å². The quantitative estimate of drug-likeness (QED) is 0.0146. The van der Waals surface area contributed by atoms with Gasteiger partial charge in [0.15, 0.2) is 6.10 Å². The number of esters is 2. The molecule has 0 spiro atoms. The van der Waals surface area contributed by atoms with Gasteiger partial charge in [0.05, 0.1) is 6.61 Å². The highest BCUT2D eigenvalue weighted by Gasteiger charge is 2.51. The maximum atomic E-state index is 12.8. The van der Waals surface area contributed by atoms with Gasteiger partial charge in [0.2, 0.25) is 0 Å². The van der Waals surface area contributed by atoms with Gasteiger partial charge in [-0.05, 0) is 89.9 Å². The molecular weight excluding hydrogens is 876 g/mol. The molecular formula is C53H87O13P. The van der Waals surface area contributed by atoms with Crippen molar-refractivity contribution in [2.75, 3.05) is 13.2 Å². The SMILES string of the molecule is CCC/C=C/C/C=C/C/C=C/C/C=C/CCCCCC(=O)OC[C@H](COP(=O)(O)OC1C(O)C(O)C(O)[C@@H](O)C1O)OC(=O)CCC/C=C/C/C=C/C/C=C/C/C=C/CCCCCCCCC. The van der Waals surface area contributed by atoms with Crippen molar-refractivity contribution in [2.45, 2.75) is 211 Å². The van der Waals surface area contributed by atoms with E-state index in [-0.39, 0.29) is 12.8 Å². The first-order chi connectivity index (χ1) is 32.4. The number of aliphatic hydroxyl groups excluding tert-OH is 5. The number of hydrogen-bond donors (Lipinski definition) is 6. The van der Waals surface area contributed by atoms with Gasteiger partial charge in [-0.3, -0.25) is 18.6 Å². The summed E-state index contributed by atoms with van der Waals surface area (Å²) >= 11 is 0. The molecule has 0 aliphatic heterocycles. The van der Waals surface area contributed by atoms with E-state index in [4.69, 9.17) is 18.5 Å². The van der Waals surface area contributed by atoms with Crippen molar-refractivity contribution in [1.82, 2.24) is 0 Å². The fraction of sp³-hybridized carbons (Fsp3) is 0.660. The van der Waals surface area contributed by atoms with E-state index in [0.29, 0.717) is 19.3 Å². The van der Waals surface area contributed by atoms with E-state index in [0.717, 1.165) is 70.6 Å². The molecule has 0 aromatic carbocycles. The van der Waals surface area contributed by atoms with E-state index < -0.39 is 75.7 Å². The van der Waals surface area contributed by atoms with Crippen LogP contribution in [0.15, 0.2) is 97.2 Å². The predicted octanol–water partition coefficient (Wildman–Crippen LogP) is 10.6. The lowest BCUT2D eigenvalue weighted by Crippen LogP contribution is -2.64. The molecule has 14 heteroatoms. The number of rotatable bonds is 40. The number of unbranched alkanes of at least 4 members (excludes halogenated alkanes) is 12. The Balaban J connectivity index is 2.50. The van der Waals surface area contributed by atoms with Crippen LogP contribution < -0.4 is 0 Å². The summed E-state index contributed by atoms with van der Waals surface area (Å²) in [6, 6.07) is 0. The average molecular weight is 963 g/mol. The Morgan fingerprint density at radius 3 is 1.33 bits per heavy atom. The Bertz CT molecular complexity index is 1530. The van der Waals surface area contributed by atoms with Crippen molar-refractivity contribution < 1.29 is 63.1 Å². The number of allylic oxidation sites excluding steroid dienone is 16. The average Bonchev–Trinajstić information content (AvgIpc) is 3.31. The number of carbonyl (C=O) groups is 2. The maximum Gasteiger partial charge on any atom is 0.472 e. The van der Waals surface area contributed by atoms with Crippen molar-refractivity contribution in [1.29, 1.82) is 0 Å². The Hall–Kier alpha value is -3.23. The van der Waals surface area contributed by atoms with Crippen LogP contribution in [0.25, 0.3) is 0 Å². The molecule has 0 bridgehead atoms. The zero-order valence-corrected chi connectivity index (χ0v) is 41.5. The second-order valence-electron chi connectivity index (χ2n) is 17.0. The molecule has 1 aliphatic carbocycles. The first-order valence-corrected chi connectivity index (χ1v) is 26.5. The minimum absolute atomic E-state index is 0.00804. The predicted molar refractivity (Wildman–Crippen MR) is 267 cm³/mol. The number of phosphoric ester groups is 1. The number of hydrogen-bond acceptors (Lipinski definition) is 12. The highest BCUT2D eigenvalue weighted by molar-refractivity contribution is 7.47. The van der Waals surface area contributed by atoms with Gasteiger partial charge in [0, 0.05) is 12.8 Å². The van der Waals surface area contributed by atoms with Gasteiger partial charge >= 0.3 is 19.8 Å². The number of ether oxygens (including phenoxy) is 2. The van der Waals surface area contributed by atoms with Crippen LogP contribution in [0.2, 0.25) is 0 Å². The van der Waals surface area contributed by atoms with Crippen LogP contribution in [0, 0.1) is 0 Å². The van der Waals surface area contributed by atoms with Gasteiger partial charge in [-0.15, -0.1) is 0 Å². The Kier molecular flexibility index (Phi) is 38.5. The van der Waals surface area contributed by atoms with Crippen LogP contribution in [0.5, 0.6) is 0 Å². The Morgan fingerprint density at radius 2 is 0.851 bits per heavy atom. The van der Waals surface area contributed by atoms with E-state index in [9.17, 15) is 44.6 Å². The van der Waals surface area contributed by atoms with E-state index in [2.05, 4.69) is 98.9 Å². The Morgan fingerprint density at radius 1 is 0.463 bits per heavy atom. The summed E-state index contributed by atoms with van der Waals surface area (Å²) < 4.78 is 33.5. The van der Waals surface area contributed by atoms with Crippen LogP contribution in [0.4, 0.5) is 0 Å². The van der Waals surface area contributed by atoms with E-state index >= 15 is 0 Å². The first-order valence-electron chi connectivity index (χ1n) is 25.0. The Labute approximate surface area is 402 Å². The summed E-state index contributed by atoms with van der Waals surface area (Å²) in [5, 5.41) is 50.2. The number of carbonyl (C=O) groups excluding carboxylic acids is 2. The van der Waals surface area contributed by atoms with E-state index in [1.54, 1.807) is 0 Å². The third-order valence-electron chi connectivity index (χ3n) is 10.9. The topological polar surface area (TPSA) is 210 Å². The van der Waals surface area contributed by atoms with Crippen molar-refractivity contribution >= 4 is 19.8 Å². The van der Waals surface area contributed by atoms with Gasteiger partial charge < -0.3 is 39.9 Å². The van der Waals surface area contributed by atoms with Crippen molar-refractivity contribution in [3.63, 3.8) is 0 Å². The third-order valence-corrected chi connectivity index (χ3v) is 11.9. The van der Waals surface area contributed by atoms with Crippen molar-refractivity contribution in [2.24, 2.45) is 0 Å². The van der Waals surface area contributed by atoms with Crippen LogP contribution in [-0.4, -0.2) is 98.3 Å². The van der Waals surface area contributed by atoms with E-state index in [1.165, 1.54) is 51.4 Å². The maximum absolute atomic E-state index is 12.8. The fourth-order valence-corrected chi connectivity index (χ4v) is 7.83. The standard InChI is InChI=1S/C53H87O13P/c1-3-5-7-9-11-13-15-17-19-21-22-23-24-26-28-30-32-34-36-38-40-42-47(55)65-45(44-64-67(61,62)66-53-51(59)49(57)48(56)50(58)52(53)60)43-63-46(54)41-39-37-35-33-31-29-27-25-20-18-16-14-12-10-8-6-4-2/h8,10,14,16,19-21,23-25,28-31,34,36,45,48-53,56-60H,3-7,9,11-13,15,17-18,22,26-27,32-33,35,37-44H2,1-2H3,(H,61,62)/b10-8+,16-14+,21-19+,24-23+,25-20+,30-28+,31-29+,36-34+/t45-,48?,49-,50?,51?,52?,53?/m1/s1. The van der Waals surface area contributed by atoms with Crippen LogP contribution in [-0.2, 0) is 32.7 Å². The molecule has 0 radical (unpaired) electrons. The number of aliphatic hydroxyl groups is 5. The first kappa shape index (κ1) is 61.8. The molecule has 67 heavy (non-hydrogen) atoms. The second-order valence-corrected chi connectivity index (χ2v) is 18.4. The van der Waals surface area contributed by atoms with Gasteiger partial charge in [0.25, 0.3) is 0 Å². The van der Waals surface area contributed by atoms with Crippen molar-refractivity contribution in [3.8, 4) is 0 Å². The molecule has 382 valence electrons. The van der Waals surface area contributed by atoms with Crippen LogP contribution in [0.1, 0.15) is 168 Å². The molecule has 6 N–H and O–H groups in total. The lowest BCUT2D eigenvalue weighted by molar-refractivity contribution is -0.220. The molecule has 0 aromatic heterocycles. The highest BCUT2D eigenvalue weighted by Crippen LogP contribution is 2.47. The van der Waals surface area contributed by atoms with Gasteiger partial charge in [0.1, 0.15) is 43.2 Å². The smallest absolute Gasteiger partial charge is 0.462 e. The largest absolute Gasteiger partial charge is 0.472 e. The summed E-state index contributed by atoms with van der Waals surface area (Å²) in [6.45, 7) is 3.15.